The zero-order valence-electron chi connectivity index (χ0n) is 19.6. The average molecular weight is 494 g/mol. The zero-order chi connectivity index (χ0) is 24.2. The van der Waals surface area contributed by atoms with E-state index in [9.17, 15) is 4.79 Å². The highest BCUT2D eigenvalue weighted by Crippen LogP contribution is 2.30. The smallest absolute Gasteiger partial charge is 0.270 e. The standard InChI is InChI=1S/C24H27N7O3S/c1-15(34-35-2)11-25-24(32)19-10-20(17-7-3-4-8-18(17)30-19)33-12-16-6-5-9-31(16)23-21-22(27-13-26-21)28-14-29-23/h3-4,7-8,10,13-16H,5-6,9,11-12H2,1-2H3,(H,25,32)(H,26,27,28,29). The number of aromatic nitrogens is 5. The van der Waals surface area contributed by atoms with Crippen LogP contribution in [0.15, 0.2) is 43.0 Å². The van der Waals surface area contributed by atoms with Crippen LogP contribution in [0.25, 0.3) is 22.1 Å². The second kappa shape index (κ2) is 10.4. The van der Waals surface area contributed by atoms with Crippen molar-refractivity contribution in [2.75, 3.05) is 30.9 Å². The number of imidazole rings is 1. The molecular formula is C24H27N7O3S. The molecule has 0 spiro atoms. The molecule has 0 saturated carbocycles. The van der Waals surface area contributed by atoms with E-state index in [0.717, 1.165) is 36.1 Å². The second-order valence-corrected chi connectivity index (χ2v) is 8.93. The first-order valence-electron chi connectivity index (χ1n) is 11.5. The first kappa shape index (κ1) is 23.3. The number of amides is 1. The predicted molar refractivity (Wildman–Crippen MR) is 136 cm³/mol. The molecular weight excluding hydrogens is 466 g/mol. The molecule has 2 atom stereocenters. The maximum Gasteiger partial charge on any atom is 0.270 e. The summed E-state index contributed by atoms with van der Waals surface area (Å²) in [5.41, 5.74) is 2.50. The molecule has 5 rings (SSSR count). The maximum absolute atomic E-state index is 12.8. The van der Waals surface area contributed by atoms with E-state index in [1.54, 1.807) is 18.7 Å². The number of ether oxygens (including phenoxy) is 1. The van der Waals surface area contributed by atoms with Crippen LogP contribution in [0, 0.1) is 0 Å². The zero-order valence-corrected chi connectivity index (χ0v) is 20.4. The quantitative estimate of drug-likeness (QED) is 0.338. The van der Waals surface area contributed by atoms with E-state index in [0.29, 0.717) is 35.8 Å². The van der Waals surface area contributed by atoms with Crippen LogP contribution in [0.2, 0.25) is 0 Å². The fraction of sp³-hybridized carbons (Fsp3) is 0.375. The SMILES string of the molecule is CSOC(C)CNC(=O)c1cc(OCC2CCCN2c2ncnc3nc[nH]c23)c2ccccc2n1. The van der Waals surface area contributed by atoms with Gasteiger partial charge in [-0.2, -0.15) is 0 Å². The minimum Gasteiger partial charge on any atom is -0.491 e. The molecule has 1 aliphatic heterocycles. The molecule has 2 N–H and O–H groups in total. The van der Waals surface area contributed by atoms with Gasteiger partial charge in [-0.15, -0.1) is 0 Å². The number of H-pyrrole nitrogens is 1. The van der Waals surface area contributed by atoms with Crippen molar-refractivity contribution in [3.05, 3.63) is 48.7 Å². The lowest BCUT2D eigenvalue weighted by Crippen LogP contribution is -2.35. The number of para-hydroxylation sites is 1. The molecule has 1 amide bonds. The molecule has 10 nitrogen and oxygen atoms in total. The number of carbonyl (C=O) groups is 1. The van der Waals surface area contributed by atoms with Crippen LogP contribution < -0.4 is 15.0 Å². The summed E-state index contributed by atoms with van der Waals surface area (Å²) in [6.07, 6.45) is 6.93. The Bertz CT molecular complexity index is 1330. The molecule has 35 heavy (non-hydrogen) atoms. The number of fused-ring (bicyclic) bond motifs is 2. The number of carbonyl (C=O) groups excluding carboxylic acids is 1. The van der Waals surface area contributed by atoms with Crippen LogP contribution in [0.5, 0.6) is 5.75 Å². The Hall–Kier alpha value is -3.44. The van der Waals surface area contributed by atoms with Crippen LogP contribution in [0.3, 0.4) is 0 Å². The molecule has 1 aromatic carbocycles. The van der Waals surface area contributed by atoms with Gasteiger partial charge in [0.05, 0.1) is 24.0 Å². The lowest BCUT2D eigenvalue weighted by atomic mass is 10.1. The molecule has 182 valence electrons. The molecule has 3 aromatic heterocycles. The Kier molecular flexibility index (Phi) is 6.96. The number of nitrogens with one attached hydrogen (secondary N) is 2. The molecule has 11 heteroatoms. The van der Waals surface area contributed by atoms with Gasteiger partial charge in [0.15, 0.2) is 11.5 Å². The summed E-state index contributed by atoms with van der Waals surface area (Å²) >= 11 is 1.28. The van der Waals surface area contributed by atoms with E-state index >= 15 is 0 Å². The summed E-state index contributed by atoms with van der Waals surface area (Å²) in [6, 6.07) is 9.53. The Labute approximate surface area is 207 Å². The van der Waals surface area contributed by atoms with Gasteiger partial charge < -0.3 is 24.1 Å². The van der Waals surface area contributed by atoms with Crippen LogP contribution in [-0.2, 0) is 4.18 Å². The van der Waals surface area contributed by atoms with E-state index < -0.39 is 0 Å². The van der Waals surface area contributed by atoms with Crippen molar-refractivity contribution in [2.45, 2.75) is 31.9 Å². The Morgan fingerprint density at radius 2 is 2.20 bits per heavy atom. The van der Waals surface area contributed by atoms with Gasteiger partial charge in [0.2, 0.25) is 0 Å². The summed E-state index contributed by atoms with van der Waals surface area (Å²) in [5, 5.41) is 3.75. The van der Waals surface area contributed by atoms with Crippen molar-refractivity contribution < 1.29 is 13.7 Å². The summed E-state index contributed by atoms with van der Waals surface area (Å²) in [6.45, 7) is 3.62. The van der Waals surface area contributed by atoms with Crippen LogP contribution >= 0.6 is 12.0 Å². The van der Waals surface area contributed by atoms with Gasteiger partial charge in [0.1, 0.15) is 29.9 Å². The summed E-state index contributed by atoms with van der Waals surface area (Å²) in [7, 11) is 0. The maximum atomic E-state index is 12.8. The largest absolute Gasteiger partial charge is 0.491 e. The highest BCUT2D eigenvalue weighted by atomic mass is 32.2. The number of nitrogens with zero attached hydrogens (tertiary/aromatic N) is 5. The van der Waals surface area contributed by atoms with Crippen molar-refractivity contribution in [3.63, 3.8) is 0 Å². The van der Waals surface area contributed by atoms with Gasteiger partial charge in [-0.05, 0) is 43.9 Å². The molecule has 4 aromatic rings. The lowest BCUT2D eigenvalue weighted by molar-refractivity contribution is 0.0932. The number of pyridine rings is 1. The van der Waals surface area contributed by atoms with Gasteiger partial charge in [0.25, 0.3) is 5.91 Å². The van der Waals surface area contributed by atoms with Crippen LogP contribution in [-0.4, -0.2) is 68.9 Å². The monoisotopic (exact) mass is 493 g/mol. The summed E-state index contributed by atoms with van der Waals surface area (Å²) < 4.78 is 11.8. The second-order valence-electron chi connectivity index (χ2n) is 8.41. The Morgan fingerprint density at radius 1 is 1.31 bits per heavy atom. The van der Waals surface area contributed by atoms with Gasteiger partial charge in [0, 0.05) is 30.8 Å². The molecule has 4 heterocycles. The fourth-order valence-corrected chi connectivity index (χ4v) is 4.74. The molecule has 1 saturated heterocycles. The fourth-order valence-electron chi connectivity index (χ4n) is 4.35. The first-order valence-corrected chi connectivity index (χ1v) is 12.7. The third kappa shape index (κ3) is 5.01. The number of anilines is 1. The normalized spacial score (nSPS) is 16.6. The summed E-state index contributed by atoms with van der Waals surface area (Å²) in [4.78, 5) is 35.8. The van der Waals surface area contributed by atoms with E-state index in [2.05, 4.69) is 35.1 Å². The van der Waals surface area contributed by atoms with Gasteiger partial charge >= 0.3 is 0 Å². The topological polar surface area (TPSA) is 118 Å². The van der Waals surface area contributed by atoms with Crippen molar-refractivity contribution >= 4 is 45.8 Å². The number of rotatable bonds is 9. The van der Waals surface area contributed by atoms with Gasteiger partial charge in [-0.1, -0.05) is 12.1 Å². The first-order chi connectivity index (χ1) is 17.1. The molecule has 1 fully saturated rings. The third-order valence-electron chi connectivity index (χ3n) is 6.00. The van der Waals surface area contributed by atoms with E-state index in [4.69, 9.17) is 8.92 Å². The molecule has 1 aliphatic rings. The Balaban J connectivity index is 1.35. The minimum absolute atomic E-state index is 0.110. The predicted octanol–water partition coefficient (Wildman–Crippen LogP) is 3.36. The number of aromatic amines is 1. The average Bonchev–Trinajstić information content (AvgIpc) is 3.55. The van der Waals surface area contributed by atoms with Crippen molar-refractivity contribution in [1.29, 1.82) is 0 Å². The highest BCUT2D eigenvalue weighted by Gasteiger charge is 2.28. The van der Waals surface area contributed by atoms with E-state index in [1.807, 2.05) is 37.4 Å². The van der Waals surface area contributed by atoms with Crippen molar-refractivity contribution in [2.24, 2.45) is 0 Å². The van der Waals surface area contributed by atoms with E-state index in [-0.39, 0.29) is 18.1 Å². The van der Waals surface area contributed by atoms with Gasteiger partial charge in [-0.3, -0.25) is 4.79 Å². The molecule has 0 bridgehead atoms. The third-order valence-corrected chi connectivity index (χ3v) is 6.53. The molecule has 0 aliphatic carbocycles. The Morgan fingerprint density at radius 3 is 3.09 bits per heavy atom. The van der Waals surface area contributed by atoms with Crippen molar-refractivity contribution in [1.82, 2.24) is 30.2 Å². The number of benzene rings is 1. The van der Waals surface area contributed by atoms with Crippen LogP contribution in [0.1, 0.15) is 30.3 Å². The van der Waals surface area contributed by atoms with Crippen molar-refractivity contribution in [3.8, 4) is 5.75 Å². The van der Waals surface area contributed by atoms with Gasteiger partial charge in [-0.25, -0.2) is 19.9 Å². The molecule has 0 radical (unpaired) electrons. The number of hydrogen-bond donors (Lipinski definition) is 2. The molecule has 2 unspecified atom stereocenters. The number of hydrogen-bond acceptors (Lipinski definition) is 9. The minimum atomic E-state index is -0.262. The highest BCUT2D eigenvalue weighted by molar-refractivity contribution is 7.93. The lowest BCUT2D eigenvalue weighted by Gasteiger charge is -2.26. The summed E-state index contributed by atoms with van der Waals surface area (Å²) in [5.74, 6) is 1.21. The van der Waals surface area contributed by atoms with Crippen LogP contribution in [0.4, 0.5) is 5.82 Å². The van der Waals surface area contributed by atoms with E-state index in [1.165, 1.54) is 12.0 Å².